The Morgan fingerprint density at radius 2 is 1.90 bits per heavy atom. The Morgan fingerprint density at radius 1 is 1.14 bits per heavy atom. The summed E-state index contributed by atoms with van der Waals surface area (Å²) in [5.74, 6) is 0.201. The average Bonchev–Trinajstić information content (AvgIpc) is 3.05. The van der Waals surface area contributed by atoms with Crippen LogP contribution in [0.4, 0.5) is 5.69 Å². The molecule has 110 valence electrons. The number of amides is 2. The van der Waals surface area contributed by atoms with Crippen LogP contribution in [-0.4, -0.2) is 24.4 Å². The molecule has 2 amide bonds. The average molecular weight is 284 g/mol. The zero-order valence-electron chi connectivity index (χ0n) is 12.2. The molecule has 4 heteroatoms. The van der Waals surface area contributed by atoms with Gasteiger partial charge in [0.2, 0.25) is 5.91 Å². The van der Waals surface area contributed by atoms with Gasteiger partial charge in [-0.1, -0.05) is 19.3 Å². The van der Waals surface area contributed by atoms with Crippen LogP contribution in [0.2, 0.25) is 0 Å². The normalized spacial score (nSPS) is 20.8. The molecule has 0 saturated heterocycles. The van der Waals surface area contributed by atoms with Gasteiger partial charge in [0, 0.05) is 18.2 Å². The van der Waals surface area contributed by atoms with E-state index < -0.39 is 0 Å². The van der Waals surface area contributed by atoms with E-state index in [0.717, 1.165) is 48.2 Å². The summed E-state index contributed by atoms with van der Waals surface area (Å²) in [6.45, 7) is 0.773. The zero-order chi connectivity index (χ0) is 14.4. The summed E-state index contributed by atoms with van der Waals surface area (Å²) in [6.07, 6.45) is 7.22. The van der Waals surface area contributed by atoms with Crippen molar-refractivity contribution in [2.24, 2.45) is 0 Å². The number of nitrogens with zero attached hydrogens (tertiary/aromatic N) is 1. The molecule has 1 N–H and O–H groups in total. The highest BCUT2D eigenvalue weighted by molar-refractivity contribution is 6.05. The molecule has 1 aliphatic carbocycles. The third kappa shape index (κ3) is 2.13. The molecular weight excluding hydrogens is 264 g/mol. The van der Waals surface area contributed by atoms with Crippen molar-refractivity contribution in [2.45, 2.75) is 51.0 Å². The van der Waals surface area contributed by atoms with Gasteiger partial charge in [-0.15, -0.1) is 0 Å². The number of rotatable bonds is 2. The van der Waals surface area contributed by atoms with Crippen molar-refractivity contribution in [3.63, 3.8) is 0 Å². The van der Waals surface area contributed by atoms with E-state index >= 15 is 0 Å². The lowest BCUT2D eigenvalue weighted by Gasteiger charge is -2.23. The van der Waals surface area contributed by atoms with Crippen LogP contribution in [0.15, 0.2) is 12.1 Å². The molecule has 0 bridgehead atoms. The minimum atomic E-state index is 0.0266. The van der Waals surface area contributed by atoms with Crippen LogP contribution < -0.4 is 10.2 Å². The molecule has 3 aliphatic rings. The second kappa shape index (κ2) is 4.86. The number of carbonyl (C=O) groups excluding carboxylic acids is 2. The molecule has 1 aromatic carbocycles. The standard InChI is InChI=1S/C17H20N2O2/c20-15-10-12-9-13(8-11-6-7-19(15)16(11)12)17(21)18-14-4-2-1-3-5-14/h8-9,14H,1-7,10H2,(H,18,21). The van der Waals surface area contributed by atoms with Crippen molar-refractivity contribution < 1.29 is 9.59 Å². The van der Waals surface area contributed by atoms with Gasteiger partial charge in [0.25, 0.3) is 5.91 Å². The molecule has 0 spiro atoms. The monoisotopic (exact) mass is 284 g/mol. The van der Waals surface area contributed by atoms with Gasteiger partial charge in [0.05, 0.1) is 12.1 Å². The highest BCUT2D eigenvalue weighted by atomic mass is 16.2. The van der Waals surface area contributed by atoms with Crippen LogP contribution in [0.5, 0.6) is 0 Å². The predicted octanol–water partition coefficient (Wildman–Crippen LogP) is 2.19. The Hall–Kier alpha value is -1.84. The van der Waals surface area contributed by atoms with E-state index in [4.69, 9.17) is 0 Å². The number of anilines is 1. The van der Waals surface area contributed by atoms with Gasteiger partial charge in [-0.25, -0.2) is 0 Å². The van der Waals surface area contributed by atoms with Crippen LogP contribution in [0.1, 0.15) is 53.6 Å². The van der Waals surface area contributed by atoms with Gasteiger partial charge in [0.15, 0.2) is 0 Å². The second-order valence-electron chi connectivity index (χ2n) is 6.42. The molecule has 1 aromatic rings. The highest BCUT2D eigenvalue weighted by Crippen LogP contribution is 2.38. The van der Waals surface area contributed by atoms with Crippen LogP contribution in [0.3, 0.4) is 0 Å². The maximum atomic E-state index is 12.5. The zero-order valence-corrected chi connectivity index (χ0v) is 12.2. The summed E-state index contributed by atoms with van der Waals surface area (Å²) in [7, 11) is 0. The molecule has 0 unspecified atom stereocenters. The third-order valence-electron chi connectivity index (χ3n) is 4.99. The second-order valence-corrected chi connectivity index (χ2v) is 6.42. The van der Waals surface area contributed by atoms with E-state index in [1.165, 1.54) is 19.3 Å². The van der Waals surface area contributed by atoms with Crippen LogP contribution >= 0.6 is 0 Å². The minimum absolute atomic E-state index is 0.0266. The lowest BCUT2D eigenvalue weighted by atomic mass is 9.95. The van der Waals surface area contributed by atoms with Crippen LogP contribution in [-0.2, 0) is 17.6 Å². The smallest absolute Gasteiger partial charge is 0.251 e. The van der Waals surface area contributed by atoms with Gasteiger partial charge < -0.3 is 10.2 Å². The quantitative estimate of drug-likeness (QED) is 0.905. The molecule has 2 heterocycles. The Morgan fingerprint density at radius 3 is 2.71 bits per heavy atom. The minimum Gasteiger partial charge on any atom is -0.349 e. The fourth-order valence-electron chi connectivity index (χ4n) is 3.93. The summed E-state index contributed by atoms with van der Waals surface area (Å²) in [4.78, 5) is 26.3. The van der Waals surface area contributed by atoms with Crippen molar-refractivity contribution >= 4 is 17.5 Å². The van der Waals surface area contributed by atoms with Gasteiger partial charge in [-0.2, -0.15) is 0 Å². The topological polar surface area (TPSA) is 49.4 Å². The Labute approximate surface area is 124 Å². The van der Waals surface area contributed by atoms with Crippen molar-refractivity contribution in [3.05, 3.63) is 28.8 Å². The maximum absolute atomic E-state index is 12.5. The van der Waals surface area contributed by atoms with E-state index in [1.54, 1.807) is 0 Å². The largest absolute Gasteiger partial charge is 0.349 e. The first kappa shape index (κ1) is 12.9. The first-order valence-corrected chi connectivity index (χ1v) is 7.99. The number of carbonyl (C=O) groups is 2. The summed E-state index contributed by atoms with van der Waals surface area (Å²) < 4.78 is 0. The molecule has 4 nitrogen and oxygen atoms in total. The van der Waals surface area contributed by atoms with Gasteiger partial charge >= 0.3 is 0 Å². The lowest BCUT2D eigenvalue weighted by Crippen LogP contribution is -2.36. The Balaban J connectivity index is 1.58. The molecule has 21 heavy (non-hydrogen) atoms. The van der Waals surface area contributed by atoms with E-state index in [-0.39, 0.29) is 11.8 Å². The van der Waals surface area contributed by atoms with Gasteiger partial charge in [-0.05, 0) is 42.5 Å². The van der Waals surface area contributed by atoms with Crippen molar-refractivity contribution in [1.82, 2.24) is 5.32 Å². The predicted molar refractivity (Wildman–Crippen MR) is 80.5 cm³/mol. The Bertz CT molecular complexity index is 617. The molecule has 1 saturated carbocycles. The molecule has 0 radical (unpaired) electrons. The number of hydrogen-bond donors (Lipinski definition) is 1. The fraction of sp³-hybridized carbons (Fsp3) is 0.529. The fourth-order valence-corrected chi connectivity index (χ4v) is 3.93. The molecular formula is C17H20N2O2. The molecule has 0 atom stereocenters. The molecule has 2 aliphatic heterocycles. The van der Waals surface area contributed by atoms with Gasteiger partial charge in [-0.3, -0.25) is 9.59 Å². The summed E-state index contributed by atoms with van der Waals surface area (Å²) in [5.41, 5.74) is 4.00. The van der Waals surface area contributed by atoms with Crippen molar-refractivity contribution in [2.75, 3.05) is 11.4 Å². The van der Waals surface area contributed by atoms with Crippen molar-refractivity contribution in [3.8, 4) is 0 Å². The Kier molecular flexibility index (Phi) is 2.98. The molecule has 0 aromatic heterocycles. The molecule has 1 fully saturated rings. The summed E-state index contributed by atoms with van der Waals surface area (Å²) in [6, 6.07) is 4.22. The van der Waals surface area contributed by atoms with Gasteiger partial charge in [0.1, 0.15) is 0 Å². The van der Waals surface area contributed by atoms with Crippen LogP contribution in [0.25, 0.3) is 0 Å². The maximum Gasteiger partial charge on any atom is 0.251 e. The SMILES string of the molecule is O=C(NC1CCCCC1)c1cc2c3c(c1)CC(=O)N3CC2. The van der Waals surface area contributed by atoms with E-state index in [0.29, 0.717) is 12.5 Å². The highest BCUT2D eigenvalue weighted by Gasteiger charge is 2.34. The number of nitrogens with one attached hydrogen (secondary N) is 1. The first-order chi connectivity index (χ1) is 10.2. The lowest BCUT2D eigenvalue weighted by molar-refractivity contribution is -0.117. The van der Waals surface area contributed by atoms with E-state index in [2.05, 4.69) is 5.32 Å². The molecule has 4 rings (SSSR count). The first-order valence-electron chi connectivity index (χ1n) is 7.99. The third-order valence-corrected chi connectivity index (χ3v) is 4.99. The van der Waals surface area contributed by atoms with Crippen LogP contribution in [0, 0.1) is 0 Å². The number of benzene rings is 1. The van der Waals surface area contributed by atoms with E-state index in [1.807, 2.05) is 17.0 Å². The number of hydrogen-bond acceptors (Lipinski definition) is 2. The van der Waals surface area contributed by atoms with Crippen molar-refractivity contribution in [1.29, 1.82) is 0 Å². The summed E-state index contributed by atoms with van der Waals surface area (Å²) in [5, 5.41) is 3.16. The van der Waals surface area contributed by atoms with E-state index in [9.17, 15) is 9.59 Å². The summed E-state index contributed by atoms with van der Waals surface area (Å²) >= 11 is 0.